The molecule has 0 aliphatic heterocycles. The Kier molecular flexibility index (Phi) is 10.3. The molecule has 2 aromatic rings. The van der Waals surface area contributed by atoms with Gasteiger partial charge in [-0.3, -0.25) is 0 Å². The summed E-state index contributed by atoms with van der Waals surface area (Å²) in [5.41, 5.74) is 0. The third kappa shape index (κ3) is 7.67. The van der Waals surface area contributed by atoms with Gasteiger partial charge in [-0.15, -0.1) is 5.92 Å². The van der Waals surface area contributed by atoms with Crippen molar-refractivity contribution in [3.8, 4) is 11.8 Å². The first-order valence-corrected chi connectivity index (χ1v) is 17.6. The molecule has 1 unspecified atom stereocenters. The third-order valence-corrected chi connectivity index (χ3v) is 11.8. The second-order valence-corrected chi connectivity index (χ2v) is 20.4. The summed E-state index contributed by atoms with van der Waals surface area (Å²) in [5, 5.41) is 2.13. The number of ether oxygens (including phenoxy) is 2. The summed E-state index contributed by atoms with van der Waals surface area (Å²) in [5.74, 6) is 5.86. The lowest BCUT2D eigenvalue weighted by molar-refractivity contribution is -0.157. The Morgan fingerprint density at radius 1 is 0.912 bits per heavy atom. The number of carbonyl (C=O) groups is 1. The first-order chi connectivity index (χ1) is 16.0. The highest BCUT2D eigenvalue weighted by atomic mass is 28.4. The van der Waals surface area contributed by atoms with Gasteiger partial charge in [-0.05, 0) is 22.3 Å². The first kappa shape index (κ1) is 28.1. The Labute approximate surface area is 208 Å². The van der Waals surface area contributed by atoms with Gasteiger partial charge in [0.2, 0.25) is 0 Å². The molecule has 0 amide bonds. The van der Waals surface area contributed by atoms with Crippen LogP contribution in [0.15, 0.2) is 60.7 Å². The topological polar surface area (TPSA) is 44.8 Å². The summed E-state index contributed by atoms with van der Waals surface area (Å²) in [6, 6.07) is 21.6. The number of carbonyl (C=O) groups excluding carboxylic acids is 1. The smallest absolute Gasteiger partial charge is 0.337 e. The summed E-state index contributed by atoms with van der Waals surface area (Å²) in [6.07, 6.45) is -0.831. The zero-order valence-electron chi connectivity index (χ0n) is 21.8. The van der Waals surface area contributed by atoms with Crippen LogP contribution in [0.4, 0.5) is 0 Å². The van der Waals surface area contributed by atoms with Gasteiger partial charge < -0.3 is 13.9 Å². The second-order valence-electron chi connectivity index (χ2n) is 10.6. The van der Waals surface area contributed by atoms with Crippen LogP contribution in [0.1, 0.15) is 27.7 Å². The zero-order valence-corrected chi connectivity index (χ0v) is 23.8. The highest BCUT2D eigenvalue weighted by molar-refractivity contribution is 6.99. The molecule has 0 fully saturated rings. The van der Waals surface area contributed by atoms with E-state index in [1.807, 2.05) is 36.4 Å². The molecule has 0 heterocycles. The molecular formula is C28H40O4Si2. The van der Waals surface area contributed by atoms with Crippen LogP contribution in [-0.4, -0.2) is 48.3 Å². The Balaban J connectivity index is 2.36. The molecular weight excluding hydrogens is 456 g/mol. The average Bonchev–Trinajstić information content (AvgIpc) is 2.77. The fourth-order valence-corrected chi connectivity index (χ4v) is 9.11. The monoisotopic (exact) mass is 496 g/mol. The number of hydrogen-bond acceptors (Lipinski definition) is 4. The van der Waals surface area contributed by atoms with E-state index in [0.29, 0.717) is 6.61 Å². The Bertz CT molecular complexity index is 912. The fourth-order valence-electron chi connectivity index (χ4n) is 3.90. The van der Waals surface area contributed by atoms with Gasteiger partial charge in [0.1, 0.15) is 6.61 Å². The average molecular weight is 497 g/mol. The van der Waals surface area contributed by atoms with Gasteiger partial charge in [-0.2, -0.15) is 0 Å². The molecule has 1 atom stereocenters. The number of esters is 1. The maximum absolute atomic E-state index is 12.8. The lowest BCUT2D eigenvalue weighted by Gasteiger charge is -2.43. The van der Waals surface area contributed by atoms with E-state index >= 15 is 0 Å². The predicted molar refractivity (Wildman–Crippen MR) is 146 cm³/mol. The van der Waals surface area contributed by atoms with Crippen molar-refractivity contribution >= 4 is 32.7 Å². The van der Waals surface area contributed by atoms with E-state index in [-0.39, 0.29) is 18.3 Å². The van der Waals surface area contributed by atoms with Crippen molar-refractivity contribution in [3.63, 3.8) is 0 Å². The van der Waals surface area contributed by atoms with Crippen LogP contribution < -0.4 is 10.4 Å². The van der Waals surface area contributed by atoms with Gasteiger partial charge >= 0.3 is 5.97 Å². The molecule has 0 bridgehead atoms. The lowest BCUT2D eigenvalue weighted by atomic mass is 10.2. The van der Waals surface area contributed by atoms with E-state index in [0.717, 1.165) is 16.4 Å². The van der Waals surface area contributed by atoms with Crippen LogP contribution >= 0.6 is 0 Å². The predicted octanol–water partition coefficient (Wildman–Crippen LogP) is 4.85. The summed E-state index contributed by atoms with van der Waals surface area (Å²) in [7, 11) is -4.02. The van der Waals surface area contributed by atoms with Crippen LogP contribution in [0.2, 0.25) is 30.7 Å². The van der Waals surface area contributed by atoms with Crippen LogP contribution in [0.5, 0.6) is 0 Å². The summed E-state index contributed by atoms with van der Waals surface area (Å²) >= 11 is 0. The molecule has 0 aliphatic rings. The number of rotatable bonds is 10. The first-order valence-electron chi connectivity index (χ1n) is 12.0. The Hall–Kier alpha value is -2.18. The van der Waals surface area contributed by atoms with Crippen molar-refractivity contribution in [1.29, 1.82) is 0 Å². The maximum Gasteiger partial charge on any atom is 0.337 e. The van der Waals surface area contributed by atoms with Gasteiger partial charge in [-0.1, -0.05) is 107 Å². The van der Waals surface area contributed by atoms with Crippen molar-refractivity contribution in [2.24, 2.45) is 0 Å². The van der Waals surface area contributed by atoms with E-state index in [9.17, 15) is 4.79 Å². The van der Waals surface area contributed by atoms with E-state index in [1.54, 1.807) is 6.92 Å². The van der Waals surface area contributed by atoms with Crippen LogP contribution in [0.3, 0.4) is 0 Å². The van der Waals surface area contributed by atoms with Crippen molar-refractivity contribution < 1.29 is 18.7 Å². The van der Waals surface area contributed by atoms with Crippen LogP contribution in [-0.2, 0) is 18.7 Å². The Morgan fingerprint density at radius 2 is 1.44 bits per heavy atom. The van der Waals surface area contributed by atoms with Crippen LogP contribution in [0, 0.1) is 11.8 Å². The minimum Gasteiger partial charge on any atom is -0.464 e. The van der Waals surface area contributed by atoms with E-state index in [1.165, 1.54) is 0 Å². The quantitative estimate of drug-likeness (QED) is 0.268. The third-order valence-electron chi connectivity index (χ3n) is 5.52. The van der Waals surface area contributed by atoms with Gasteiger partial charge in [0.25, 0.3) is 8.32 Å². The van der Waals surface area contributed by atoms with E-state index in [4.69, 9.17) is 13.9 Å². The highest BCUT2D eigenvalue weighted by Gasteiger charge is 2.50. The van der Waals surface area contributed by atoms with E-state index < -0.39 is 28.5 Å². The molecule has 0 aliphatic carbocycles. The SMILES string of the molecule is CCOC(=O)C(CO[Si](c1ccccc1)(c1ccccc1)C(C)(C)C)OCC#CC[Si](C)(C)C. The molecule has 184 valence electrons. The van der Waals surface area contributed by atoms with E-state index in [2.05, 4.69) is 76.5 Å². The van der Waals surface area contributed by atoms with Gasteiger partial charge in [-0.25, -0.2) is 4.79 Å². The number of benzene rings is 2. The molecule has 34 heavy (non-hydrogen) atoms. The van der Waals surface area contributed by atoms with Crippen molar-refractivity contribution in [2.75, 3.05) is 19.8 Å². The molecule has 0 N–H and O–H groups in total. The minimum absolute atomic E-state index is 0.113. The highest BCUT2D eigenvalue weighted by Crippen LogP contribution is 2.36. The second kappa shape index (κ2) is 12.5. The summed E-state index contributed by atoms with van der Waals surface area (Å²) in [4.78, 5) is 12.8. The molecule has 0 saturated heterocycles. The largest absolute Gasteiger partial charge is 0.464 e. The molecule has 0 spiro atoms. The fraction of sp³-hybridized carbons (Fsp3) is 0.464. The van der Waals surface area contributed by atoms with Crippen molar-refractivity contribution in [3.05, 3.63) is 60.7 Å². The molecule has 6 heteroatoms. The molecule has 4 nitrogen and oxygen atoms in total. The molecule has 0 aromatic heterocycles. The maximum atomic E-state index is 12.8. The van der Waals surface area contributed by atoms with Crippen LogP contribution in [0.25, 0.3) is 0 Å². The summed E-state index contributed by atoms with van der Waals surface area (Å²) < 4.78 is 18.1. The molecule has 0 saturated carbocycles. The van der Waals surface area contributed by atoms with Gasteiger partial charge in [0.05, 0.1) is 21.3 Å². The zero-order chi connectivity index (χ0) is 25.2. The van der Waals surface area contributed by atoms with Gasteiger partial charge in [0.15, 0.2) is 6.10 Å². The van der Waals surface area contributed by atoms with Gasteiger partial charge in [0, 0.05) is 6.04 Å². The molecule has 0 radical (unpaired) electrons. The standard InChI is InChI=1S/C28H40O4Si2/c1-8-30-27(29)26(31-21-15-16-22-33(5,6)7)23-32-34(28(2,3)4,24-17-11-9-12-18-24)25-19-13-10-14-20-25/h9-14,17-20,26H,8,21-23H2,1-7H3. The Morgan fingerprint density at radius 3 is 1.88 bits per heavy atom. The molecule has 2 aromatic carbocycles. The normalized spacial score (nSPS) is 13.0. The molecule has 2 rings (SSSR count). The van der Waals surface area contributed by atoms with Crippen molar-refractivity contribution in [1.82, 2.24) is 0 Å². The van der Waals surface area contributed by atoms with Crippen molar-refractivity contribution in [2.45, 2.75) is 64.5 Å². The summed E-state index contributed by atoms with van der Waals surface area (Å²) in [6.45, 7) is 15.8. The number of hydrogen-bond donors (Lipinski definition) is 0. The minimum atomic E-state index is -2.78. The lowest BCUT2D eigenvalue weighted by Crippen LogP contribution is -2.67.